The molecule has 3 N–H and O–H groups in total. The van der Waals surface area contributed by atoms with E-state index in [9.17, 15) is 12.8 Å². The molecule has 0 bridgehead atoms. The van der Waals surface area contributed by atoms with Gasteiger partial charge in [-0.05, 0) is 36.4 Å². The largest absolute Gasteiger partial charge is 0.495 e. The van der Waals surface area contributed by atoms with Crippen LogP contribution in [0.15, 0.2) is 41.3 Å². The van der Waals surface area contributed by atoms with Crippen LogP contribution in [0.1, 0.15) is 0 Å². The number of methoxy groups -OCH3 is 1. The molecule has 0 spiro atoms. The Morgan fingerprint density at radius 3 is 2.57 bits per heavy atom. The fraction of sp³-hybridized carbons (Fsp3) is 0.0769. The molecule has 8 heteroatoms. The number of halogens is 2. The second kappa shape index (κ2) is 5.79. The number of benzene rings is 2. The zero-order valence-corrected chi connectivity index (χ0v) is 12.5. The van der Waals surface area contributed by atoms with E-state index in [2.05, 4.69) is 4.72 Å². The minimum absolute atomic E-state index is 0.111. The van der Waals surface area contributed by atoms with Crippen molar-refractivity contribution in [2.24, 2.45) is 0 Å². The third kappa shape index (κ3) is 3.37. The highest BCUT2D eigenvalue weighted by Gasteiger charge is 2.18. The summed E-state index contributed by atoms with van der Waals surface area (Å²) in [6, 6.07) is 7.52. The summed E-state index contributed by atoms with van der Waals surface area (Å²) in [5, 5.41) is 0.211. The van der Waals surface area contributed by atoms with Crippen LogP contribution in [-0.4, -0.2) is 15.5 Å². The molecule has 2 aromatic carbocycles. The van der Waals surface area contributed by atoms with Crippen LogP contribution in [0.3, 0.4) is 0 Å². The van der Waals surface area contributed by atoms with Crippen LogP contribution in [0.4, 0.5) is 15.8 Å². The maximum absolute atomic E-state index is 13.6. The van der Waals surface area contributed by atoms with Crippen molar-refractivity contribution in [3.8, 4) is 5.75 Å². The Morgan fingerprint density at radius 2 is 1.95 bits per heavy atom. The SMILES string of the molecule is COc1ccc(S(=O)(=O)Nc2cc(Cl)ccc2F)cc1N. The van der Waals surface area contributed by atoms with Crippen LogP contribution in [0.2, 0.25) is 5.02 Å². The average Bonchev–Trinajstić information content (AvgIpc) is 2.42. The van der Waals surface area contributed by atoms with Gasteiger partial charge >= 0.3 is 0 Å². The molecule has 0 fully saturated rings. The van der Waals surface area contributed by atoms with Gasteiger partial charge in [0.1, 0.15) is 11.6 Å². The molecule has 0 radical (unpaired) electrons. The fourth-order valence-electron chi connectivity index (χ4n) is 1.66. The van der Waals surface area contributed by atoms with Crippen molar-refractivity contribution in [3.63, 3.8) is 0 Å². The van der Waals surface area contributed by atoms with Gasteiger partial charge in [0, 0.05) is 5.02 Å². The summed E-state index contributed by atoms with van der Waals surface area (Å²) in [5.41, 5.74) is 5.58. The maximum Gasteiger partial charge on any atom is 0.262 e. The number of hydrogen-bond acceptors (Lipinski definition) is 4. The Labute approximate surface area is 126 Å². The molecule has 0 heterocycles. The van der Waals surface area contributed by atoms with E-state index in [-0.39, 0.29) is 21.3 Å². The van der Waals surface area contributed by atoms with E-state index in [1.807, 2.05) is 0 Å². The lowest BCUT2D eigenvalue weighted by Gasteiger charge is -2.11. The third-order valence-corrected chi connectivity index (χ3v) is 4.28. The fourth-order valence-corrected chi connectivity index (χ4v) is 2.92. The highest BCUT2D eigenvalue weighted by molar-refractivity contribution is 7.92. The molecule has 2 rings (SSSR count). The number of nitrogens with two attached hydrogens (primary N) is 1. The van der Waals surface area contributed by atoms with Crippen molar-refractivity contribution in [2.75, 3.05) is 17.6 Å². The number of rotatable bonds is 4. The predicted octanol–water partition coefficient (Wildman–Crippen LogP) is 2.87. The van der Waals surface area contributed by atoms with E-state index in [1.165, 1.54) is 37.4 Å². The van der Waals surface area contributed by atoms with Crippen molar-refractivity contribution >= 4 is 33.0 Å². The van der Waals surface area contributed by atoms with Gasteiger partial charge in [-0.1, -0.05) is 11.6 Å². The molecule has 5 nitrogen and oxygen atoms in total. The summed E-state index contributed by atoms with van der Waals surface area (Å²) in [6.07, 6.45) is 0. The molecule has 0 aliphatic carbocycles. The van der Waals surface area contributed by atoms with E-state index >= 15 is 0 Å². The molecule has 0 atom stereocenters. The molecule has 0 aliphatic rings. The van der Waals surface area contributed by atoms with Crippen molar-refractivity contribution < 1.29 is 17.5 Å². The number of ether oxygens (including phenoxy) is 1. The number of anilines is 2. The Balaban J connectivity index is 2.38. The third-order valence-electron chi connectivity index (χ3n) is 2.68. The topological polar surface area (TPSA) is 81.4 Å². The molecule has 2 aromatic rings. The number of sulfonamides is 1. The minimum atomic E-state index is -3.98. The van der Waals surface area contributed by atoms with E-state index in [4.69, 9.17) is 22.1 Å². The first-order valence-corrected chi connectivity index (χ1v) is 7.61. The van der Waals surface area contributed by atoms with E-state index < -0.39 is 15.8 Å². The van der Waals surface area contributed by atoms with Gasteiger partial charge in [0.25, 0.3) is 10.0 Å². The summed E-state index contributed by atoms with van der Waals surface area (Å²) in [7, 11) is -2.57. The molecule has 21 heavy (non-hydrogen) atoms. The minimum Gasteiger partial charge on any atom is -0.495 e. The lowest BCUT2D eigenvalue weighted by molar-refractivity contribution is 0.416. The summed E-state index contributed by atoms with van der Waals surface area (Å²) in [5.74, 6) is -0.382. The molecule has 0 aliphatic heterocycles. The first-order valence-electron chi connectivity index (χ1n) is 5.75. The molecule has 0 amide bonds. The van der Waals surface area contributed by atoms with E-state index in [1.54, 1.807) is 0 Å². The summed E-state index contributed by atoms with van der Waals surface area (Å²) >= 11 is 5.72. The molecular formula is C13H12ClFN2O3S. The van der Waals surface area contributed by atoms with Gasteiger partial charge in [-0.15, -0.1) is 0 Å². The first-order chi connectivity index (χ1) is 9.83. The van der Waals surface area contributed by atoms with Crippen molar-refractivity contribution in [1.29, 1.82) is 0 Å². The van der Waals surface area contributed by atoms with Gasteiger partial charge in [-0.3, -0.25) is 4.72 Å². The standard InChI is InChI=1S/C13H12ClFN2O3S/c1-20-13-5-3-9(7-11(13)16)21(18,19)17-12-6-8(14)2-4-10(12)15/h2-7,17H,16H2,1H3. The quantitative estimate of drug-likeness (QED) is 0.845. The van der Waals surface area contributed by atoms with Gasteiger partial charge in [0.15, 0.2) is 0 Å². The van der Waals surface area contributed by atoms with E-state index in [0.29, 0.717) is 5.75 Å². The Bertz CT molecular complexity index is 781. The zero-order valence-electron chi connectivity index (χ0n) is 10.9. The number of nitrogens with one attached hydrogen (secondary N) is 1. The second-order valence-corrected chi connectivity index (χ2v) is 6.25. The Kier molecular flexibility index (Phi) is 4.24. The van der Waals surface area contributed by atoms with Crippen LogP contribution in [0.25, 0.3) is 0 Å². The highest BCUT2D eigenvalue weighted by Crippen LogP contribution is 2.27. The lowest BCUT2D eigenvalue weighted by Crippen LogP contribution is -2.14. The molecule has 0 saturated heterocycles. The number of hydrogen-bond donors (Lipinski definition) is 2. The molecule has 0 aromatic heterocycles. The summed E-state index contributed by atoms with van der Waals surface area (Å²) in [6.45, 7) is 0. The zero-order chi connectivity index (χ0) is 15.6. The second-order valence-electron chi connectivity index (χ2n) is 4.13. The van der Waals surface area contributed by atoms with Crippen molar-refractivity contribution in [3.05, 3.63) is 47.2 Å². The average molecular weight is 331 g/mol. The van der Waals surface area contributed by atoms with Gasteiger partial charge in [-0.25, -0.2) is 12.8 Å². The van der Waals surface area contributed by atoms with Gasteiger partial charge in [-0.2, -0.15) is 0 Å². The summed E-state index contributed by atoms with van der Waals surface area (Å²) < 4.78 is 45.1. The molecule has 112 valence electrons. The normalized spacial score (nSPS) is 11.2. The molecule has 0 saturated carbocycles. The van der Waals surface area contributed by atoms with Crippen molar-refractivity contribution in [1.82, 2.24) is 0 Å². The first kappa shape index (κ1) is 15.4. The van der Waals surface area contributed by atoms with Crippen LogP contribution in [0, 0.1) is 5.82 Å². The van der Waals surface area contributed by atoms with Crippen LogP contribution in [-0.2, 0) is 10.0 Å². The maximum atomic E-state index is 13.6. The van der Waals surface area contributed by atoms with E-state index in [0.717, 1.165) is 6.07 Å². The molecule has 0 unspecified atom stereocenters. The monoisotopic (exact) mass is 330 g/mol. The Hall–Kier alpha value is -1.99. The van der Waals surface area contributed by atoms with Gasteiger partial charge in [0.2, 0.25) is 0 Å². The van der Waals surface area contributed by atoms with Gasteiger partial charge in [0.05, 0.1) is 23.4 Å². The van der Waals surface area contributed by atoms with Crippen LogP contribution >= 0.6 is 11.6 Å². The number of nitrogen functional groups attached to an aromatic ring is 1. The summed E-state index contributed by atoms with van der Waals surface area (Å²) in [4.78, 5) is -0.111. The smallest absolute Gasteiger partial charge is 0.262 e. The predicted molar refractivity (Wildman–Crippen MR) is 79.6 cm³/mol. The van der Waals surface area contributed by atoms with Gasteiger partial charge < -0.3 is 10.5 Å². The molecular weight excluding hydrogens is 319 g/mol. The Morgan fingerprint density at radius 1 is 1.24 bits per heavy atom. The van der Waals surface area contributed by atoms with Crippen molar-refractivity contribution in [2.45, 2.75) is 4.90 Å². The van der Waals surface area contributed by atoms with Crippen LogP contribution < -0.4 is 15.2 Å². The lowest BCUT2D eigenvalue weighted by atomic mass is 10.3. The highest BCUT2D eigenvalue weighted by atomic mass is 35.5. The van der Waals surface area contributed by atoms with Crippen LogP contribution in [0.5, 0.6) is 5.75 Å².